The van der Waals surface area contributed by atoms with Crippen LogP contribution in [0.3, 0.4) is 0 Å². The SMILES string of the molecule is CC.Cc1c(C(=O)N[C@H]2C[C@H](c3ccccn3)N(c3ccc4ncc(C)n4n3)C2)c(=O)n(C2CCC2)n1C.[HH]. The number of nitrogens with zero attached hydrogens (tertiary/aromatic N) is 7. The van der Waals surface area contributed by atoms with E-state index < -0.39 is 0 Å². The summed E-state index contributed by atoms with van der Waals surface area (Å²) in [6.45, 7) is 8.37. The minimum absolute atomic E-state index is 0. The van der Waals surface area contributed by atoms with E-state index in [0.29, 0.717) is 18.7 Å². The minimum Gasteiger partial charge on any atom is -0.347 e. The lowest BCUT2D eigenvalue weighted by Crippen LogP contribution is -2.40. The zero-order chi connectivity index (χ0) is 27.0. The van der Waals surface area contributed by atoms with Gasteiger partial charge in [0.15, 0.2) is 5.65 Å². The Hall–Kier alpha value is -3.95. The molecular weight excluding hydrogens is 480 g/mol. The number of hydrogen-bond donors (Lipinski definition) is 1. The maximum atomic E-state index is 13.4. The fourth-order valence-corrected chi connectivity index (χ4v) is 5.47. The van der Waals surface area contributed by atoms with Crippen LogP contribution in [0.5, 0.6) is 0 Å². The number of nitrogens with one attached hydrogen (secondary N) is 1. The Morgan fingerprint density at radius 3 is 2.58 bits per heavy atom. The van der Waals surface area contributed by atoms with Crippen molar-refractivity contribution >= 4 is 17.4 Å². The molecule has 10 nitrogen and oxygen atoms in total. The topological polar surface area (TPSA) is 102 Å². The van der Waals surface area contributed by atoms with Gasteiger partial charge in [0.2, 0.25) is 0 Å². The zero-order valence-electron chi connectivity index (χ0n) is 22.8. The molecule has 0 spiro atoms. The lowest BCUT2D eigenvalue weighted by Gasteiger charge is -2.27. The van der Waals surface area contributed by atoms with Crippen molar-refractivity contribution in [3.8, 4) is 0 Å². The van der Waals surface area contributed by atoms with E-state index in [2.05, 4.69) is 20.2 Å². The summed E-state index contributed by atoms with van der Waals surface area (Å²) in [6, 6.07) is 9.74. The van der Waals surface area contributed by atoms with Gasteiger partial charge >= 0.3 is 0 Å². The first-order valence-corrected chi connectivity index (χ1v) is 13.5. The number of amides is 1. The number of anilines is 1. The molecular formula is C28H38N8O2. The van der Waals surface area contributed by atoms with Gasteiger partial charge in [-0.3, -0.25) is 19.3 Å². The van der Waals surface area contributed by atoms with E-state index in [1.54, 1.807) is 17.1 Å². The first-order chi connectivity index (χ1) is 18.4. The summed E-state index contributed by atoms with van der Waals surface area (Å²) in [7, 11) is 1.86. The highest BCUT2D eigenvalue weighted by molar-refractivity contribution is 5.95. The van der Waals surface area contributed by atoms with Gasteiger partial charge in [0.05, 0.1) is 29.7 Å². The van der Waals surface area contributed by atoms with Crippen LogP contribution >= 0.6 is 0 Å². The Morgan fingerprint density at radius 1 is 1.11 bits per heavy atom. The van der Waals surface area contributed by atoms with E-state index >= 15 is 0 Å². The molecule has 0 aromatic carbocycles. The van der Waals surface area contributed by atoms with Crippen molar-refractivity contribution in [2.45, 2.75) is 71.5 Å². The van der Waals surface area contributed by atoms with Gasteiger partial charge in [-0.25, -0.2) is 14.2 Å². The molecule has 1 N–H and O–H groups in total. The van der Waals surface area contributed by atoms with Gasteiger partial charge in [0.1, 0.15) is 11.4 Å². The number of rotatable bonds is 5. The molecule has 4 aromatic heterocycles. The van der Waals surface area contributed by atoms with E-state index in [1.807, 2.05) is 74.3 Å². The number of aryl methyl sites for hydroxylation is 1. The van der Waals surface area contributed by atoms with E-state index in [1.165, 1.54) is 0 Å². The van der Waals surface area contributed by atoms with Gasteiger partial charge in [-0.1, -0.05) is 19.9 Å². The Balaban J connectivity index is 0.00000115. The Kier molecular flexibility index (Phi) is 7.05. The normalized spacial score (nSPS) is 19.2. The van der Waals surface area contributed by atoms with E-state index in [4.69, 9.17) is 5.10 Å². The summed E-state index contributed by atoms with van der Waals surface area (Å²) in [5.74, 6) is 0.478. The third-order valence-corrected chi connectivity index (χ3v) is 7.72. The molecule has 1 aliphatic carbocycles. The van der Waals surface area contributed by atoms with E-state index in [-0.39, 0.29) is 36.6 Å². The number of imidazole rings is 1. The molecule has 5 heterocycles. The predicted molar refractivity (Wildman–Crippen MR) is 149 cm³/mol. The van der Waals surface area contributed by atoms with Gasteiger partial charge in [-0.15, -0.1) is 5.10 Å². The largest absolute Gasteiger partial charge is 0.347 e. The Morgan fingerprint density at radius 2 is 1.89 bits per heavy atom. The molecule has 0 radical (unpaired) electrons. The summed E-state index contributed by atoms with van der Waals surface area (Å²) in [4.78, 5) is 37.8. The second kappa shape index (κ2) is 10.4. The molecule has 0 unspecified atom stereocenters. The smallest absolute Gasteiger partial charge is 0.280 e. The van der Waals surface area contributed by atoms with Crippen LogP contribution < -0.4 is 15.8 Å². The van der Waals surface area contributed by atoms with Crippen LogP contribution in [-0.4, -0.2) is 47.4 Å². The first kappa shape index (κ1) is 25.7. The van der Waals surface area contributed by atoms with Gasteiger partial charge in [0.25, 0.3) is 11.5 Å². The van der Waals surface area contributed by atoms with Crippen LogP contribution in [0.2, 0.25) is 0 Å². The number of fused-ring (bicyclic) bond motifs is 1. The van der Waals surface area contributed by atoms with Crippen LogP contribution in [0.1, 0.15) is 80.5 Å². The molecule has 202 valence electrons. The van der Waals surface area contributed by atoms with Crippen molar-refractivity contribution in [2.24, 2.45) is 7.05 Å². The maximum absolute atomic E-state index is 13.4. The highest BCUT2D eigenvalue weighted by atomic mass is 16.2. The van der Waals surface area contributed by atoms with Gasteiger partial charge in [-0.05, 0) is 63.8 Å². The molecule has 38 heavy (non-hydrogen) atoms. The number of hydrogen-bond acceptors (Lipinski definition) is 6. The van der Waals surface area contributed by atoms with Crippen LogP contribution in [0.25, 0.3) is 5.65 Å². The van der Waals surface area contributed by atoms with Crippen molar-refractivity contribution in [2.75, 3.05) is 11.4 Å². The summed E-state index contributed by atoms with van der Waals surface area (Å²) in [6.07, 6.45) is 7.33. The molecule has 1 saturated carbocycles. The van der Waals surface area contributed by atoms with Crippen molar-refractivity contribution in [1.82, 2.24) is 34.3 Å². The van der Waals surface area contributed by atoms with Gasteiger partial charge < -0.3 is 10.2 Å². The van der Waals surface area contributed by atoms with Crippen LogP contribution in [0, 0.1) is 13.8 Å². The van der Waals surface area contributed by atoms with Gasteiger partial charge in [0, 0.05) is 33.0 Å². The van der Waals surface area contributed by atoms with Crippen LogP contribution in [-0.2, 0) is 7.05 Å². The number of carbonyl (C=O) groups is 1. The summed E-state index contributed by atoms with van der Waals surface area (Å²) in [5, 5.41) is 7.98. The average Bonchev–Trinajstić information content (AvgIpc) is 3.56. The molecule has 6 rings (SSSR count). The molecule has 2 aliphatic rings. The fraction of sp³-hybridized carbons (Fsp3) is 0.464. The highest BCUT2D eigenvalue weighted by Gasteiger charge is 2.37. The molecule has 2 atom stereocenters. The molecule has 2 fully saturated rings. The molecule has 1 saturated heterocycles. The minimum atomic E-state index is -0.313. The molecule has 1 aliphatic heterocycles. The lowest BCUT2D eigenvalue weighted by atomic mass is 9.93. The summed E-state index contributed by atoms with van der Waals surface area (Å²) in [5.41, 5.74) is 3.40. The predicted octanol–water partition coefficient (Wildman–Crippen LogP) is 3.99. The zero-order valence-corrected chi connectivity index (χ0v) is 22.8. The number of carbonyl (C=O) groups excluding carboxylic acids is 1. The third-order valence-electron chi connectivity index (χ3n) is 7.72. The lowest BCUT2D eigenvalue weighted by molar-refractivity contribution is 0.0937. The second-order valence-electron chi connectivity index (χ2n) is 9.91. The summed E-state index contributed by atoms with van der Waals surface area (Å²) < 4.78 is 5.41. The van der Waals surface area contributed by atoms with Gasteiger partial charge in [-0.2, -0.15) is 0 Å². The van der Waals surface area contributed by atoms with Crippen LogP contribution in [0.4, 0.5) is 5.82 Å². The Labute approximate surface area is 223 Å². The fourth-order valence-electron chi connectivity index (χ4n) is 5.47. The third kappa shape index (κ3) is 4.37. The quantitative estimate of drug-likeness (QED) is 0.429. The molecule has 10 heteroatoms. The van der Waals surface area contributed by atoms with Crippen molar-refractivity contribution in [3.63, 3.8) is 0 Å². The van der Waals surface area contributed by atoms with Crippen molar-refractivity contribution in [3.05, 3.63) is 75.7 Å². The number of aromatic nitrogens is 6. The molecule has 1 amide bonds. The molecule has 0 bridgehead atoms. The number of pyridine rings is 1. The summed E-state index contributed by atoms with van der Waals surface area (Å²) >= 11 is 0. The van der Waals surface area contributed by atoms with Crippen molar-refractivity contribution < 1.29 is 6.22 Å². The first-order valence-electron chi connectivity index (χ1n) is 13.5. The second-order valence-corrected chi connectivity index (χ2v) is 9.91. The average molecular weight is 519 g/mol. The maximum Gasteiger partial charge on any atom is 0.280 e. The molecule has 4 aromatic rings. The Bertz CT molecular complexity index is 1510. The monoisotopic (exact) mass is 518 g/mol. The van der Waals surface area contributed by atoms with Crippen LogP contribution in [0.15, 0.2) is 47.5 Å². The highest BCUT2D eigenvalue weighted by Crippen LogP contribution is 2.35. The van der Waals surface area contributed by atoms with Crippen molar-refractivity contribution in [1.29, 1.82) is 0 Å². The standard InChI is InChI=1S/C26H30N8O2.C2H6.H2/c1-16-14-28-22-10-11-23(30-33(16)22)32-15-18(13-21(32)20-9-4-5-12-27-20)29-25(35)24-17(2)31(3)34(26(24)36)19-7-6-8-19;1-2;/h4-5,9-12,14,18-19,21H,6-8,13,15H2,1-3H3,(H,29,35);1-2H3;1H/t18-,21+;;/m0../s1. The van der Waals surface area contributed by atoms with E-state index in [9.17, 15) is 9.59 Å². The van der Waals surface area contributed by atoms with E-state index in [0.717, 1.165) is 42.1 Å².